The fraction of sp³-hybridized carbons (Fsp3) is 0.158. The molecule has 1 N–H and O–H groups in total. The quantitative estimate of drug-likeness (QED) is 0.517. The number of nitrogens with one attached hydrogen (secondary N) is 1. The molecule has 0 amide bonds. The summed E-state index contributed by atoms with van der Waals surface area (Å²) in [5.74, 6) is 1.25. The fourth-order valence-electron chi connectivity index (χ4n) is 2.95. The molecule has 0 bridgehead atoms. The third-order valence-electron chi connectivity index (χ3n) is 4.09. The standard InChI is InChI=1S/C19H17FN4S/c1-24-17-7-9-21-12-16(17)15-5-6-18(23-19(15)24)22-13-3-2-4-14(11-13)25-10-8-20/h2-7,9,11-12H,8,10H2,1H3,(H,22,23). The van der Waals surface area contributed by atoms with E-state index in [1.807, 2.05) is 49.6 Å². The molecule has 0 fully saturated rings. The zero-order valence-corrected chi connectivity index (χ0v) is 14.6. The third kappa shape index (κ3) is 3.05. The predicted molar refractivity (Wildman–Crippen MR) is 102 cm³/mol. The second kappa shape index (κ2) is 6.72. The average molecular weight is 352 g/mol. The van der Waals surface area contributed by atoms with Crippen molar-refractivity contribution in [2.75, 3.05) is 17.7 Å². The molecule has 3 heterocycles. The number of alkyl halides is 1. The Morgan fingerprint density at radius 1 is 1.16 bits per heavy atom. The van der Waals surface area contributed by atoms with E-state index >= 15 is 0 Å². The van der Waals surface area contributed by atoms with E-state index in [4.69, 9.17) is 4.98 Å². The number of pyridine rings is 2. The minimum Gasteiger partial charge on any atom is -0.340 e. The molecule has 0 aliphatic rings. The van der Waals surface area contributed by atoms with Crippen molar-refractivity contribution in [1.29, 1.82) is 0 Å². The Bertz CT molecular complexity index is 1040. The second-order valence-electron chi connectivity index (χ2n) is 5.71. The first-order chi connectivity index (χ1) is 12.3. The summed E-state index contributed by atoms with van der Waals surface area (Å²) in [7, 11) is 2.01. The van der Waals surface area contributed by atoms with Gasteiger partial charge in [0.2, 0.25) is 0 Å². The molecular formula is C19H17FN4S. The van der Waals surface area contributed by atoms with Gasteiger partial charge in [-0.2, -0.15) is 0 Å². The highest BCUT2D eigenvalue weighted by Gasteiger charge is 2.10. The number of benzene rings is 1. The molecule has 4 nitrogen and oxygen atoms in total. The van der Waals surface area contributed by atoms with Crippen LogP contribution in [0.5, 0.6) is 0 Å². The summed E-state index contributed by atoms with van der Waals surface area (Å²) in [5.41, 5.74) is 2.96. The van der Waals surface area contributed by atoms with E-state index in [0.717, 1.165) is 38.3 Å². The zero-order valence-electron chi connectivity index (χ0n) is 13.7. The van der Waals surface area contributed by atoms with E-state index in [2.05, 4.69) is 20.9 Å². The highest BCUT2D eigenvalue weighted by molar-refractivity contribution is 7.99. The van der Waals surface area contributed by atoms with Crippen LogP contribution >= 0.6 is 11.8 Å². The normalized spacial score (nSPS) is 11.3. The van der Waals surface area contributed by atoms with Crippen LogP contribution in [0.1, 0.15) is 0 Å². The number of rotatable bonds is 5. The minimum absolute atomic E-state index is 0.323. The maximum absolute atomic E-state index is 12.3. The number of aromatic nitrogens is 3. The highest BCUT2D eigenvalue weighted by Crippen LogP contribution is 2.28. The van der Waals surface area contributed by atoms with Crippen LogP contribution in [-0.2, 0) is 7.05 Å². The summed E-state index contributed by atoms with van der Waals surface area (Å²) in [5, 5.41) is 5.52. The lowest BCUT2D eigenvalue weighted by Gasteiger charge is -2.08. The van der Waals surface area contributed by atoms with Gasteiger partial charge >= 0.3 is 0 Å². The van der Waals surface area contributed by atoms with E-state index in [1.165, 1.54) is 11.8 Å². The average Bonchev–Trinajstić information content (AvgIpc) is 2.93. The lowest BCUT2D eigenvalue weighted by Crippen LogP contribution is -1.96. The highest BCUT2D eigenvalue weighted by atomic mass is 32.2. The maximum atomic E-state index is 12.3. The molecule has 4 rings (SSSR count). The van der Waals surface area contributed by atoms with Crippen LogP contribution in [0, 0.1) is 0 Å². The van der Waals surface area contributed by atoms with Gasteiger partial charge in [-0.3, -0.25) is 9.37 Å². The van der Waals surface area contributed by atoms with Gasteiger partial charge in [0.1, 0.15) is 11.5 Å². The van der Waals surface area contributed by atoms with E-state index in [1.54, 1.807) is 6.20 Å². The molecule has 0 atom stereocenters. The molecule has 0 spiro atoms. The van der Waals surface area contributed by atoms with Gasteiger partial charge in [0.25, 0.3) is 0 Å². The van der Waals surface area contributed by atoms with Crippen LogP contribution in [-0.4, -0.2) is 27.0 Å². The van der Waals surface area contributed by atoms with E-state index in [-0.39, 0.29) is 6.67 Å². The van der Waals surface area contributed by atoms with Gasteiger partial charge in [0.15, 0.2) is 0 Å². The van der Waals surface area contributed by atoms with Gasteiger partial charge in [0, 0.05) is 46.5 Å². The lowest BCUT2D eigenvalue weighted by molar-refractivity contribution is 0.533. The summed E-state index contributed by atoms with van der Waals surface area (Å²) in [6.07, 6.45) is 3.67. The second-order valence-corrected chi connectivity index (χ2v) is 6.88. The minimum atomic E-state index is -0.323. The monoisotopic (exact) mass is 352 g/mol. The van der Waals surface area contributed by atoms with Crippen LogP contribution in [0.3, 0.4) is 0 Å². The Morgan fingerprint density at radius 3 is 2.96 bits per heavy atom. The van der Waals surface area contributed by atoms with Crippen LogP contribution in [0.2, 0.25) is 0 Å². The first-order valence-corrected chi connectivity index (χ1v) is 9.00. The Kier molecular flexibility index (Phi) is 4.28. The molecule has 0 aliphatic heterocycles. The van der Waals surface area contributed by atoms with Gasteiger partial charge in [-0.15, -0.1) is 11.8 Å². The largest absolute Gasteiger partial charge is 0.340 e. The summed E-state index contributed by atoms with van der Waals surface area (Å²) in [6.45, 7) is -0.323. The van der Waals surface area contributed by atoms with E-state index in [0.29, 0.717) is 5.75 Å². The Hall–Kier alpha value is -2.60. The summed E-state index contributed by atoms with van der Waals surface area (Å²) in [4.78, 5) is 10.0. The van der Waals surface area contributed by atoms with Crippen LogP contribution in [0.25, 0.3) is 21.9 Å². The Labute approximate surface area is 149 Å². The number of hydrogen-bond acceptors (Lipinski definition) is 4. The van der Waals surface area contributed by atoms with Gasteiger partial charge in [-0.05, 0) is 36.4 Å². The molecule has 0 unspecified atom stereocenters. The molecular weight excluding hydrogens is 335 g/mol. The molecule has 4 aromatic rings. The van der Waals surface area contributed by atoms with E-state index < -0.39 is 0 Å². The van der Waals surface area contributed by atoms with Crippen LogP contribution < -0.4 is 5.32 Å². The number of nitrogens with zero attached hydrogens (tertiary/aromatic N) is 3. The van der Waals surface area contributed by atoms with Gasteiger partial charge < -0.3 is 9.88 Å². The summed E-state index contributed by atoms with van der Waals surface area (Å²) >= 11 is 1.51. The van der Waals surface area contributed by atoms with E-state index in [9.17, 15) is 4.39 Å². The van der Waals surface area contributed by atoms with Gasteiger partial charge in [0.05, 0.1) is 12.2 Å². The van der Waals surface area contributed by atoms with Gasteiger partial charge in [-0.1, -0.05) is 6.07 Å². The van der Waals surface area contributed by atoms with Crippen molar-refractivity contribution in [2.45, 2.75) is 4.90 Å². The van der Waals surface area contributed by atoms with Crippen molar-refractivity contribution in [2.24, 2.45) is 7.05 Å². The first-order valence-electron chi connectivity index (χ1n) is 8.01. The van der Waals surface area contributed by atoms with Crippen LogP contribution in [0.4, 0.5) is 15.9 Å². The molecule has 0 radical (unpaired) electrons. The molecule has 3 aromatic heterocycles. The Morgan fingerprint density at radius 2 is 2.08 bits per heavy atom. The summed E-state index contributed by atoms with van der Waals surface area (Å²) < 4.78 is 14.4. The Balaban J connectivity index is 1.68. The molecule has 0 saturated heterocycles. The molecule has 25 heavy (non-hydrogen) atoms. The summed E-state index contributed by atoms with van der Waals surface area (Å²) in [6, 6.07) is 14.0. The first kappa shape index (κ1) is 15.9. The van der Waals surface area contributed by atoms with Crippen molar-refractivity contribution < 1.29 is 4.39 Å². The van der Waals surface area contributed by atoms with Crippen molar-refractivity contribution in [1.82, 2.24) is 14.5 Å². The predicted octanol–water partition coefficient (Wildman–Crippen LogP) is 4.93. The van der Waals surface area contributed by atoms with Crippen molar-refractivity contribution in [3.8, 4) is 0 Å². The smallest absolute Gasteiger partial charge is 0.143 e. The number of aryl methyl sites for hydroxylation is 1. The number of fused-ring (bicyclic) bond motifs is 3. The van der Waals surface area contributed by atoms with Crippen molar-refractivity contribution >= 4 is 45.2 Å². The number of thioether (sulfide) groups is 1. The fourth-order valence-corrected chi connectivity index (χ4v) is 3.65. The van der Waals surface area contributed by atoms with Gasteiger partial charge in [-0.25, -0.2) is 4.98 Å². The molecule has 6 heteroatoms. The number of halogens is 1. The maximum Gasteiger partial charge on any atom is 0.143 e. The van der Waals surface area contributed by atoms with Crippen molar-refractivity contribution in [3.63, 3.8) is 0 Å². The zero-order chi connectivity index (χ0) is 17.2. The SMILES string of the molecule is Cn1c2ccncc2c2ccc(Nc3cccc(SCCF)c3)nc21. The molecule has 0 aliphatic carbocycles. The molecule has 1 aromatic carbocycles. The van der Waals surface area contributed by atoms with Crippen LogP contribution in [0.15, 0.2) is 59.8 Å². The third-order valence-corrected chi connectivity index (χ3v) is 5.04. The topological polar surface area (TPSA) is 42.7 Å². The van der Waals surface area contributed by atoms with Crippen molar-refractivity contribution in [3.05, 3.63) is 54.9 Å². The lowest BCUT2D eigenvalue weighted by atomic mass is 10.2. The molecule has 126 valence electrons. The number of hydrogen-bond donors (Lipinski definition) is 1. The number of anilines is 2. The molecule has 0 saturated carbocycles.